The molecule has 160 valence electrons. The average Bonchev–Trinajstić information content (AvgIpc) is 3.23. The van der Waals surface area contributed by atoms with Crippen LogP contribution in [0.3, 0.4) is 0 Å². The first-order valence-corrected chi connectivity index (χ1v) is 11.1. The van der Waals surface area contributed by atoms with Gasteiger partial charge in [-0.15, -0.1) is 0 Å². The van der Waals surface area contributed by atoms with Gasteiger partial charge >= 0.3 is 6.03 Å². The number of urea groups is 1. The van der Waals surface area contributed by atoms with Crippen molar-refractivity contribution in [2.75, 3.05) is 52.4 Å². The maximum absolute atomic E-state index is 13.0. The van der Waals surface area contributed by atoms with Crippen molar-refractivity contribution in [2.24, 2.45) is 5.92 Å². The predicted octanol–water partition coefficient (Wildman–Crippen LogP) is 3.82. The van der Waals surface area contributed by atoms with Crippen LogP contribution in [0.2, 0.25) is 0 Å². The summed E-state index contributed by atoms with van der Waals surface area (Å²) in [5.74, 6) is 1.39. The van der Waals surface area contributed by atoms with Gasteiger partial charge in [0.25, 0.3) is 0 Å². The normalized spacial score (nSPS) is 16.5. The van der Waals surface area contributed by atoms with Crippen molar-refractivity contribution in [3.8, 4) is 0 Å². The largest absolute Gasteiger partial charge is 0.468 e. The molecule has 0 saturated carbocycles. The molecule has 6 heteroatoms. The highest BCUT2D eigenvalue weighted by Crippen LogP contribution is 2.24. The molecule has 1 N–H and O–H groups in total. The Hall–Kier alpha value is -1.53. The van der Waals surface area contributed by atoms with E-state index < -0.39 is 0 Å². The molecule has 1 fully saturated rings. The molecule has 0 unspecified atom stereocenters. The summed E-state index contributed by atoms with van der Waals surface area (Å²) in [6.07, 6.45) is 5.45. The van der Waals surface area contributed by atoms with Crippen molar-refractivity contribution in [2.45, 2.75) is 53.0 Å². The van der Waals surface area contributed by atoms with Crippen LogP contribution < -0.4 is 5.32 Å². The van der Waals surface area contributed by atoms with E-state index in [0.717, 1.165) is 51.6 Å². The summed E-state index contributed by atoms with van der Waals surface area (Å²) in [4.78, 5) is 19.8. The molecule has 1 atom stereocenters. The third-order valence-corrected chi connectivity index (χ3v) is 5.60. The number of furan rings is 1. The number of carbonyl (C=O) groups excluding carboxylic acids is 1. The quantitative estimate of drug-likeness (QED) is 0.622. The summed E-state index contributed by atoms with van der Waals surface area (Å²) in [5.41, 5.74) is 0. The Bertz CT molecular complexity index is 537. The van der Waals surface area contributed by atoms with Crippen LogP contribution in [0.4, 0.5) is 4.79 Å². The fourth-order valence-electron chi connectivity index (χ4n) is 3.93. The highest BCUT2D eigenvalue weighted by molar-refractivity contribution is 5.74. The summed E-state index contributed by atoms with van der Waals surface area (Å²) in [6.45, 7) is 15.9. The first kappa shape index (κ1) is 22.8. The number of carbonyl (C=O) groups is 1. The number of likely N-dealkylation sites (N-methyl/N-ethyl adjacent to an activating group) is 1. The lowest BCUT2D eigenvalue weighted by molar-refractivity contribution is 0.137. The van der Waals surface area contributed by atoms with Crippen molar-refractivity contribution in [3.05, 3.63) is 24.2 Å². The fourth-order valence-corrected chi connectivity index (χ4v) is 3.93. The molecule has 1 saturated heterocycles. The minimum atomic E-state index is 0.0365. The molecule has 28 heavy (non-hydrogen) atoms. The Morgan fingerprint density at radius 3 is 2.46 bits per heavy atom. The predicted molar refractivity (Wildman–Crippen MR) is 114 cm³/mol. The number of piperidine rings is 1. The zero-order valence-corrected chi connectivity index (χ0v) is 18.3. The van der Waals surface area contributed by atoms with Crippen LogP contribution in [0.5, 0.6) is 0 Å². The molecule has 6 nitrogen and oxygen atoms in total. The van der Waals surface area contributed by atoms with Crippen LogP contribution in [-0.4, -0.2) is 73.1 Å². The number of hydrogen-bond acceptors (Lipinski definition) is 4. The summed E-state index contributed by atoms with van der Waals surface area (Å²) in [6, 6.07) is 4.11. The lowest BCUT2D eigenvalue weighted by Crippen LogP contribution is -2.48. The number of nitrogens with zero attached hydrogens (tertiary/aromatic N) is 3. The smallest absolute Gasteiger partial charge is 0.317 e. The molecule has 1 aromatic rings. The topological polar surface area (TPSA) is 52.0 Å². The minimum absolute atomic E-state index is 0.0365. The second-order valence-corrected chi connectivity index (χ2v) is 8.18. The van der Waals surface area contributed by atoms with E-state index in [0.29, 0.717) is 12.5 Å². The van der Waals surface area contributed by atoms with Gasteiger partial charge in [0.1, 0.15) is 5.76 Å². The molecule has 2 heterocycles. The highest BCUT2D eigenvalue weighted by Gasteiger charge is 2.26. The lowest BCUT2D eigenvalue weighted by Gasteiger charge is -2.34. The zero-order valence-electron chi connectivity index (χ0n) is 18.3. The Kier molecular flexibility index (Phi) is 9.85. The Morgan fingerprint density at radius 1 is 1.18 bits per heavy atom. The third-order valence-electron chi connectivity index (χ3n) is 5.60. The van der Waals surface area contributed by atoms with Crippen LogP contribution in [0.15, 0.2) is 22.8 Å². The SMILES string of the molecule is CCN(CC)CCN(CC(C)C)C(=O)NC[C@@H](c1ccco1)N1CCCCC1. The minimum Gasteiger partial charge on any atom is -0.468 e. The van der Waals surface area contributed by atoms with E-state index in [1.807, 2.05) is 17.0 Å². The van der Waals surface area contributed by atoms with E-state index in [4.69, 9.17) is 4.42 Å². The number of hydrogen-bond donors (Lipinski definition) is 1. The summed E-state index contributed by atoms with van der Waals surface area (Å²) in [5, 5.41) is 3.20. The van der Waals surface area contributed by atoms with Crippen LogP contribution in [0, 0.1) is 5.92 Å². The van der Waals surface area contributed by atoms with Crippen molar-refractivity contribution >= 4 is 6.03 Å². The number of likely N-dealkylation sites (tertiary alicyclic amines) is 1. The zero-order chi connectivity index (χ0) is 20.4. The molecule has 0 aromatic carbocycles. The molecule has 0 radical (unpaired) electrons. The monoisotopic (exact) mass is 392 g/mol. The van der Waals surface area contributed by atoms with Gasteiger partial charge in [-0.05, 0) is 57.1 Å². The van der Waals surface area contributed by atoms with Gasteiger partial charge in [-0.3, -0.25) is 4.90 Å². The Morgan fingerprint density at radius 2 is 1.89 bits per heavy atom. The van der Waals surface area contributed by atoms with Gasteiger partial charge in [0, 0.05) is 26.2 Å². The van der Waals surface area contributed by atoms with Crippen LogP contribution in [0.25, 0.3) is 0 Å². The molecule has 2 rings (SSSR count). The van der Waals surface area contributed by atoms with E-state index in [-0.39, 0.29) is 12.1 Å². The van der Waals surface area contributed by atoms with Crippen molar-refractivity contribution in [1.29, 1.82) is 0 Å². The molecule has 0 aliphatic carbocycles. The Balaban J connectivity index is 1.96. The van der Waals surface area contributed by atoms with Gasteiger partial charge < -0.3 is 19.5 Å². The average molecular weight is 393 g/mol. The van der Waals surface area contributed by atoms with Gasteiger partial charge in [0.05, 0.1) is 12.3 Å². The van der Waals surface area contributed by atoms with E-state index in [1.165, 1.54) is 19.3 Å². The molecule has 1 aromatic heterocycles. The maximum Gasteiger partial charge on any atom is 0.317 e. The van der Waals surface area contributed by atoms with E-state index in [1.54, 1.807) is 6.26 Å². The van der Waals surface area contributed by atoms with Gasteiger partial charge in [-0.25, -0.2) is 4.79 Å². The second-order valence-electron chi connectivity index (χ2n) is 8.18. The summed E-state index contributed by atoms with van der Waals surface area (Å²) in [7, 11) is 0. The molecular weight excluding hydrogens is 352 g/mol. The standard InChI is InChI=1S/C22H40N4O2/c1-5-24(6-2)14-15-26(18-19(3)4)22(27)23-17-20(21-11-10-16-28-21)25-12-8-7-9-13-25/h10-11,16,19-20H,5-9,12-15,17-18H2,1-4H3,(H,23,27)/t20-/m0/s1. The molecule has 2 amide bonds. The first-order valence-electron chi connectivity index (χ1n) is 11.1. The number of rotatable bonds is 11. The van der Waals surface area contributed by atoms with Gasteiger partial charge in [0.2, 0.25) is 0 Å². The van der Waals surface area contributed by atoms with Crippen LogP contribution in [-0.2, 0) is 0 Å². The second kappa shape index (κ2) is 12.1. The molecule has 1 aliphatic heterocycles. The molecule has 0 spiro atoms. The van der Waals surface area contributed by atoms with Crippen molar-refractivity contribution in [3.63, 3.8) is 0 Å². The van der Waals surface area contributed by atoms with Crippen molar-refractivity contribution in [1.82, 2.24) is 20.0 Å². The summed E-state index contributed by atoms with van der Waals surface area (Å²) >= 11 is 0. The van der Waals surface area contributed by atoms with E-state index in [2.05, 4.69) is 42.8 Å². The van der Waals surface area contributed by atoms with Crippen LogP contribution in [0.1, 0.15) is 58.8 Å². The number of amides is 2. The molecule has 0 bridgehead atoms. The van der Waals surface area contributed by atoms with Gasteiger partial charge in [0.15, 0.2) is 0 Å². The first-order chi connectivity index (χ1) is 13.5. The highest BCUT2D eigenvalue weighted by atomic mass is 16.3. The van der Waals surface area contributed by atoms with Crippen molar-refractivity contribution < 1.29 is 9.21 Å². The Labute approximate surface area is 171 Å². The van der Waals surface area contributed by atoms with E-state index in [9.17, 15) is 4.79 Å². The number of nitrogens with one attached hydrogen (secondary N) is 1. The fraction of sp³-hybridized carbons (Fsp3) is 0.773. The third kappa shape index (κ3) is 7.13. The molecular formula is C22H40N4O2. The van der Waals surface area contributed by atoms with Crippen LogP contribution >= 0.6 is 0 Å². The summed E-state index contributed by atoms with van der Waals surface area (Å²) < 4.78 is 5.70. The van der Waals surface area contributed by atoms with Gasteiger partial charge in [-0.1, -0.05) is 34.1 Å². The maximum atomic E-state index is 13.0. The van der Waals surface area contributed by atoms with Gasteiger partial charge in [-0.2, -0.15) is 0 Å². The lowest BCUT2D eigenvalue weighted by atomic mass is 10.1. The van der Waals surface area contributed by atoms with E-state index >= 15 is 0 Å². The molecule has 1 aliphatic rings.